The van der Waals surface area contributed by atoms with Crippen molar-refractivity contribution in [3.8, 4) is 0 Å². The van der Waals surface area contributed by atoms with E-state index >= 15 is 0 Å². The quantitative estimate of drug-likeness (QED) is 0.337. The summed E-state index contributed by atoms with van der Waals surface area (Å²) in [5.41, 5.74) is 9.33. The molecule has 0 unspecified atom stereocenters. The van der Waals surface area contributed by atoms with Crippen molar-refractivity contribution in [2.45, 2.75) is 6.92 Å². The summed E-state index contributed by atoms with van der Waals surface area (Å²) in [6, 6.07) is 5.12. The summed E-state index contributed by atoms with van der Waals surface area (Å²) >= 11 is 0. The van der Waals surface area contributed by atoms with Crippen LogP contribution in [0.1, 0.15) is 15.9 Å². The number of rotatable bonds is 5. The van der Waals surface area contributed by atoms with Crippen LogP contribution < -0.4 is 22.3 Å². The Hall–Kier alpha value is -2.28. The first-order valence-corrected chi connectivity index (χ1v) is 5.32. The van der Waals surface area contributed by atoms with Crippen molar-refractivity contribution in [3.63, 3.8) is 0 Å². The van der Waals surface area contributed by atoms with Crippen molar-refractivity contribution < 1.29 is 14.3 Å². The number of carbonyl (C=O) groups excluding carboxylic acids is 2. The minimum absolute atomic E-state index is 0.0442. The number of hydrogen-bond acceptors (Lipinski definition) is 5. The number of carbonyl (C=O) groups is 2. The van der Waals surface area contributed by atoms with Crippen molar-refractivity contribution in [3.05, 3.63) is 29.3 Å². The molecule has 6 N–H and O–H groups in total. The third-order valence-corrected chi connectivity index (χ3v) is 2.27. The van der Waals surface area contributed by atoms with Gasteiger partial charge in [-0.15, -0.1) is 0 Å². The minimum atomic E-state index is -0.862. The van der Waals surface area contributed by atoms with E-state index in [0.29, 0.717) is 5.56 Å². The lowest BCUT2D eigenvalue weighted by molar-refractivity contribution is 0.0936. The van der Waals surface area contributed by atoms with Gasteiger partial charge in [-0.3, -0.25) is 10.6 Å². The fourth-order valence-corrected chi connectivity index (χ4v) is 1.42. The fraction of sp³-hybridized carbons (Fsp3) is 0.273. The highest BCUT2D eigenvalue weighted by Crippen LogP contribution is 2.13. The first-order valence-electron chi connectivity index (χ1n) is 5.32. The van der Waals surface area contributed by atoms with E-state index in [1.165, 1.54) is 0 Å². The molecule has 1 aromatic carbocycles. The molecule has 7 nitrogen and oxygen atoms in total. The Morgan fingerprint density at radius 1 is 1.39 bits per heavy atom. The molecule has 0 aliphatic rings. The lowest BCUT2D eigenvalue weighted by Gasteiger charge is -2.09. The molecule has 7 heteroatoms. The molecular weight excluding hydrogens is 236 g/mol. The normalized spacial score (nSPS) is 9.67. The van der Waals surface area contributed by atoms with Gasteiger partial charge >= 0.3 is 6.09 Å². The number of hydrazine groups is 1. The molecule has 0 saturated carbocycles. The van der Waals surface area contributed by atoms with Crippen molar-refractivity contribution in [1.82, 2.24) is 5.32 Å². The Balaban J connectivity index is 2.54. The molecule has 0 fully saturated rings. The molecule has 98 valence electrons. The smallest absolute Gasteiger partial charge is 0.404 e. The van der Waals surface area contributed by atoms with Gasteiger partial charge in [-0.25, -0.2) is 4.79 Å². The van der Waals surface area contributed by atoms with Crippen LogP contribution in [-0.4, -0.2) is 25.2 Å². The van der Waals surface area contributed by atoms with Crippen molar-refractivity contribution >= 4 is 17.7 Å². The van der Waals surface area contributed by atoms with Crippen LogP contribution in [0.25, 0.3) is 0 Å². The van der Waals surface area contributed by atoms with Gasteiger partial charge < -0.3 is 21.2 Å². The van der Waals surface area contributed by atoms with Gasteiger partial charge in [0.25, 0.3) is 5.91 Å². The van der Waals surface area contributed by atoms with E-state index in [1.54, 1.807) is 25.1 Å². The third kappa shape index (κ3) is 3.95. The second-order valence-corrected chi connectivity index (χ2v) is 3.60. The SMILES string of the molecule is Cc1cc(NN)ccc1C(=O)NCCOC(N)=O. The van der Waals surface area contributed by atoms with Gasteiger partial charge in [0, 0.05) is 11.3 Å². The molecule has 0 bridgehead atoms. The zero-order chi connectivity index (χ0) is 13.5. The minimum Gasteiger partial charge on any atom is -0.448 e. The Morgan fingerprint density at radius 2 is 2.11 bits per heavy atom. The van der Waals surface area contributed by atoms with Crippen molar-refractivity contribution in [2.75, 3.05) is 18.6 Å². The number of amides is 2. The molecule has 1 rings (SSSR count). The Labute approximate surface area is 104 Å². The fourth-order valence-electron chi connectivity index (χ4n) is 1.42. The van der Waals surface area contributed by atoms with Gasteiger partial charge in [0.05, 0.1) is 6.54 Å². The lowest BCUT2D eigenvalue weighted by atomic mass is 10.1. The maximum atomic E-state index is 11.8. The molecule has 0 heterocycles. The number of ether oxygens (including phenoxy) is 1. The van der Waals surface area contributed by atoms with Crippen molar-refractivity contribution in [2.24, 2.45) is 11.6 Å². The Morgan fingerprint density at radius 3 is 2.67 bits per heavy atom. The number of nitrogens with one attached hydrogen (secondary N) is 2. The van der Waals surface area contributed by atoms with E-state index in [4.69, 9.17) is 11.6 Å². The molecule has 0 saturated heterocycles. The summed E-state index contributed by atoms with van der Waals surface area (Å²) in [5, 5.41) is 2.61. The first-order chi connectivity index (χ1) is 8.54. The van der Waals surface area contributed by atoms with Gasteiger partial charge in [-0.1, -0.05) is 0 Å². The average molecular weight is 252 g/mol. The van der Waals surface area contributed by atoms with Gasteiger partial charge in [0.15, 0.2) is 0 Å². The maximum absolute atomic E-state index is 11.8. The first kappa shape index (κ1) is 13.8. The number of anilines is 1. The number of nitrogens with two attached hydrogens (primary N) is 2. The highest BCUT2D eigenvalue weighted by Gasteiger charge is 2.08. The summed E-state index contributed by atoms with van der Waals surface area (Å²) in [7, 11) is 0. The van der Waals surface area contributed by atoms with Crippen molar-refractivity contribution in [1.29, 1.82) is 0 Å². The molecule has 0 spiro atoms. The number of primary amides is 1. The van der Waals surface area contributed by atoms with Crippen LogP contribution >= 0.6 is 0 Å². The summed E-state index contributed by atoms with van der Waals surface area (Å²) in [6.07, 6.45) is -0.862. The maximum Gasteiger partial charge on any atom is 0.404 e. The van der Waals surface area contributed by atoms with Crippen LogP contribution in [0.15, 0.2) is 18.2 Å². The van der Waals surface area contributed by atoms with E-state index < -0.39 is 6.09 Å². The molecule has 0 aromatic heterocycles. The molecule has 0 atom stereocenters. The average Bonchev–Trinajstić information content (AvgIpc) is 2.33. The predicted octanol–water partition coefficient (Wildman–Crippen LogP) is 0.106. The van der Waals surface area contributed by atoms with Gasteiger partial charge in [-0.2, -0.15) is 0 Å². The summed E-state index contributed by atoms with van der Waals surface area (Å²) in [4.78, 5) is 22.1. The molecule has 1 aromatic rings. The highest BCUT2D eigenvalue weighted by molar-refractivity contribution is 5.96. The monoisotopic (exact) mass is 252 g/mol. The summed E-state index contributed by atoms with van der Waals surface area (Å²) in [5.74, 6) is 5.01. The van der Waals surface area contributed by atoms with Crippen LogP contribution in [0.2, 0.25) is 0 Å². The summed E-state index contributed by atoms with van der Waals surface area (Å²) < 4.78 is 4.49. The molecule has 18 heavy (non-hydrogen) atoms. The number of hydrogen-bond donors (Lipinski definition) is 4. The van der Waals surface area contributed by atoms with E-state index in [9.17, 15) is 9.59 Å². The second kappa shape index (κ2) is 6.45. The van der Waals surface area contributed by atoms with Gasteiger partial charge in [0.1, 0.15) is 6.61 Å². The number of nitrogen functional groups attached to an aromatic ring is 1. The van der Waals surface area contributed by atoms with Crippen LogP contribution in [0.4, 0.5) is 10.5 Å². The topological polar surface area (TPSA) is 119 Å². The number of benzene rings is 1. The van der Waals surface area contributed by atoms with E-state index in [2.05, 4.69) is 15.5 Å². The van der Waals surface area contributed by atoms with E-state index in [0.717, 1.165) is 11.3 Å². The standard InChI is InChI=1S/C11H16N4O3/c1-7-6-8(15-13)2-3-9(7)10(16)14-4-5-18-11(12)17/h2-3,6,15H,4-5,13H2,1H3,(H2,12,17)(H,14,16). The molecule has 0 aliphatic carbocycles. The Bertz CT molecular complexity index is 448. The number of aryl methyl sites for hydroxylation is 1. The lowest BCUT2D eigenvalue weighted by Crippen LogP contribution is -2.29. The van der Waals surface area contributed by atoms with Crippen LogP contribution in [0, 0.1) is 6.92 Å². The zero-order valence-electron chi connectivity index (χ0n) is 10.0. The van der Waals surface area contributed by atoms with Gasteiger partial charge in [-0.05, 0) is 30.7 Å². The molecular formula is C11H16N4O3. The third-order valence-electron chi connectivity index (χ3n) is 2.27. The van der Waals surface area contributed by atoms with E-state index in [-0.39, 0.29) is 19.1 Å². The van der Waals surface area contributed by atoms with Crippen LogP contribution in [-0.2, 0) is 4.74 Å². The zero-order valence-corrected chi connectivity index (χ0v) is 10.0. The molecule has 0 aliphatic heterocycles. The molecule has 0 radical (unpaired) electrons. The molecule has 2 amide bonds. The van der Waals surface area contributed by atoms with Gasteiger partial charge in [0.2, 0.25) is 0 Å². The predicted molar refractivity (Wildman–Crippen MR) is 66.9 cm³/mol. The Kier molecular flexibility index (Phi) is 4.94. The van der Waals surface area contributed by atoms with Crippen LogP contribution in [0.3, 0.4) is 0 Å². The second-order valence-electron chi connectivity index (χ2n) is 3.60. The highest BCUT2D eigenvalue weighted by atomic mass is 16.5. The summed E-state index contributed by atoms with van der Waals surface area (Å²) in [6.45, 7) is 2.05. The van der Waals surface area contributed by atoms with E-state index in [1.807, 2.05) is 0 Å². The van der Waals surface area contributed by atoms with Crippen LogP contribution in [0.5, 0.6) is 0 Å². The largest absolute Gasteiger partial charge is 0.448 e.